The van der Waals surface area contributed by atoms with Crippen LogP contribution in [-0.2, 0) is 6.15 Å². The summed E-state index contributed by atoms with van der Waals surface area (Å²) in [6.45, 7) is 5.60. The Hall–Kier alpha value is 1.68. The van der Waals surface area contributed by atoms with Gasteiger partial charge in [-0.25, -0.2) is 0 Å². The Kier molecular flexibility index (Phi) is 30.8. The van der Waals surface area contributed by atoms with Crippen molar-refractivity contribution in [1.29, 1.82) is 0 Å². The summed E-state index contributed by atoms with van der Waals surface area (Å²) < 4.78 is 10.0. The summed E-state index contributed by atoms with van der Waals surface area (Å²) in [5, 5.41) is 0. The fourth-order valence-electron chi connectivity index (χ4n) is 0.160. The maximum atomic E-state index is 5.02. The number of halogens is 2. The third-order valence-corrected chi connectivity index (χ3v) is 2.73. The standard InChI is InChI=1S/2C2H5O.2BrH.Sn/c2*1-2-3;;;/h2*2H2,1H3;2*1H;/q2*-1;;;+4/p-2. The molecule has 2 nitrogen and oxygen atoms in total. The fraction of sp³-hybridized carbons (Fsp3) is 1.00. The number of rotatable bonds is 4. The smallest absolute Gasteiger partial charge is 1.00 e. The van der Waals surface area contributed by atoms with Crippen molar-refractivity contribution in [2.24, 2.45) is 0 Å². The van der Waals surface area contributed by atoms with Gasteiger partial charge in [-0.1, -0.05) is 0 Å². The van der Waals surface area contributed by atoms with Crippen LogP contribution in [0.3, 0.4) is 0 Å². The van der Waals surface area contributed by atoms with Crippen LogP contribution in [0.2, 0.25) is 0 Å². The van der Waals surface area contributed by atoms with Gasteiger partial charge in [-0.15, -0.1) is 0 Å². The van der Waals surface area contributed by atoms with Gasteiger partial charge in [0.2, 0.25) is 0 Å². The Balaban J connectivity index is -0.000000180. The van der Waals surface area contributed by atoms with E-state index in [9.17, 15) is 0 Å². The molecule has 0 aromatic rings. The third-order valence-electron chi connectivity index (χ3n) is 0.407. The molecule has 0 fully saturated rings. The molecule has 0 saturated heterocycles. The first-order valence-corrected chi connectivity index (χ1v) is 4.73. The second-order valence-electron chi connectivity index (χ2n) is 0.949. The quantitative estimate of drug-likeness (QED) is 0.364. The van der Waals surface area contributed by atoms with Gasteiger partial charge < -0.3 is 34.0 Å². The van der Waals surface area contributed by atoms with E-state index < -0.39 is 22.0 Å². The molecule has 0 unspecified atom stereocenters. The zero-order valence-electron chi connectivity index (χ0n) is 5.49. The minimum absolute atomic E-state index is 0. The van der Waals surface area contributed by atoms with Gasteiger partial charge in [0.25, 0.3) is 0 Å². The molecule has 9 heavy (non-hydrogen) atoms. The SMILES string of the molecule is CC[O][Sn+2][O]CC.[Br-].[Br-]. The van der Waals surface area contributed by atoms with Gasteiger partial charge in [-0.2, -0.15) is 0 Å². The minimum Gasteiger partial charge on any atom is -1.00 e. The van der Waals surface area contributed by atoms with Crippen LogP contribution in [0.15, 0.2) is 0 Å². The van der Waals surface area contributed by atoms with Crippen LogP contribution in [0.5, 0.6) is 0 Å². The summed E-state index contributed by atoms with van der Waals surface area (Å²) >= 11 is -0.819. The molecule has 0 radical (unpaired) electrons. The second kappa shape index (κ2) is 16.3. The molecule has 0 aromatic heterocycles. The largest absolute Gasteiger partial charge is 1.00 e. The number of hydrogen-bond acceptors (Lipinski definition) is 2. The molecule has 0 N–H and O–H groups in total. The summed E-state index contributed by atoms with van der Waals surface area (Å²) in [4.78, 5) is 0. The maximum absolute atomic E-state index is 5.02. The van der Waals surface area contributed by atoms with Crippen molar-refractivity contribution in [3.63, 3.8) is 0 Å². The predicted octanol–water partition coefficient (Wildman–Crippen LogP) is -5.40. The van der Waals surface area contributed by atoms with Crippen LogP contribution in [0.4, 0.5) is 0 Å². The average Bonchev–Trinajstić information content (AvgIpc) is 1.69. The average molecular weight is 369 g/mol. The summed E-state index contributed by atoms with van der Waals surface area (Å²) in [7, 11) is 0. The van der Waals surface area contributed by atoms with Crippen molar-refractivity contribution in [2.75, 3.05) is 13.2 Å². The van der Waals surface area contributed by atoms with Crippen molar-refractivity contribution in [2.45, 2.75) is 13.8 Å². The zero-order chi connectivity index (χ0) is 5.54. The van der Waals surface area contributed by atoms with Gasteiger partial charge >= 0.3 is 55.2 Å². The molecule has 0 rings (SSSR count). The Morgan fingerprint density at radius 2 is 1.33 bits per heavy atom. The molecule has 0 aliphatic carbocycles. The van der Waals surface area contributed by atoms with Gasteiger partial charge in [-0.3, -0.25) is 0 Å². The van der Waals surface area contributed by atoms with Gasteiger partial charge in [0, 0.05) is 0 Å². The molecule has 0 saturated carbocycles. The zero-order valence-corrected chi connectivity index (χ0v) is 11.5. The summed E-state index contributed by atoms with van der Waals surface area (Å²) in [5.41, 5.74) is 0. The van der Waals surface area contributed by atoms with E-state index in [4.69, 9.17) is 6.15 Å². The molecule has 0 heterocycles. The van der Waals surface area contributed by atoms with E-state index in [1.807, 2.05) is 13.8 Å². The second-order valence-corrected chi connectivity index (χ2v) is 3.07. The van der Waals surface area contributed by atoms with Gasteiger partial charge in [-0.05, 0) is 0 Å². The molecule has 0 spiro atoms. The van der Waals surface area contributed by atoms with E-state index in [1.54, 1.807) is 0 Å². The van der Waals surface area contributed by atoms with Crippen LogP contribution in [-0.4, -0.2) is 35.2 Å². The Labute approximate surface area is 88.5 Å². The molecular weight excluding hydrogens is 359 g/mol. The van der Waals surface area contributed by atoms with Crippen molar-refractivity contribution < 1.29 is 40.1 Å². The topological polar surface area (TPSA) is 18.5 Å². The van der Waals surface area contributed by atoms with Crippen LogP contribution in [0, 0.1) is 0 Å². The van der Waals surface area contributed by atoms with E-state index in [2.05, 4.69) is 0 Å². The Bertz CT molecular complexity index is 35.7. The Morgan fingerprint density at radius 3 is 1.56 bits per heavy atom. The normalized spacial score (nSPS) is 6.44. The molecule has 0 bridgehead atoms. The molecular formula is C4H10Br2O2Sn. The molecule has 0 aromatic carbocycles. The van der Waals surface area contributed by atoms with Gasteiger partial charge in [0.1, 0.15) is 0 Å². The fourth-order valence-corrected chi connectivity index (χ4v) is 1.07. The van der Waals surface area contributed by atoms with E-state index in [1.165, 1.54) is 0 Å². The molecule has 0 aliphatic rings. The summed E-state index contributed by atoms with van der Waals surface area (Å²) in [5.74, 6) is 0. The first-order chi connectivity index (χ1) is 3.41. The third kappa shape index (κ3) is 17.7. The molecule has 5 heteroatoms. The molecule has 0 atom stereocenters. The van der Waals surface area contributed by atoms with Crippen molar-refractivity contribution in [1.82, 2.24) is 0 Å². The summed E-state index contributed by atoms with van der Waals surface area (Å²) in [6.07, 6.45) is 0. The molecule has 56 valence electrons. The van der Waals surface area contributed by atoms with Crippen molar-refractivity contribution in [3.05, 3.63) is 0 Å². The van der Waals surface area contributed by atoms with Crippen molar-refractivity contribution >= 4 is 22.0 Å². The molecule has 0 aliphatic heterocycles. The predicted molar refractivity (Wildman–Crippen MR) is 29.0 cm³/mol. The summed E-state index contributed by atoms with van der Waals surface area (Å²) in [6, 6.07) is 0. The monoisotopic (exact) mass is 368 g/mol. The van der Waals surface area contributed by atoms with Gasteiger partial charge in [0.15, 0.2) is 0 Å². The van der Waals surface area contributed by atoms with E-state index >= 15 is 0 Å². The van der Waals surface area contributed by atoms with Crippen LogP contribution < -0.4 is 34.0 Å². The number of hydrogen-bond donors (Lipinski definition) is 0. The van der Waals surface area contributed by atoms with Crippen molar-refractivity contribution in [3.8, 4) is 0 Å². The molecule has 0 amide bonds. The first kappa shape index (κ1) is 17.0. The van der Waals surface area contributed by atoms with E-state index in [-0.39, 0.29) is 34.0 Å². The first-order valence-electron chi connectivity index (χ1n) is 2.40. The van der Waals surface area contributed by atoms with E-state index in [0.29, 0.717) is 0 Å². The van der Waals surface area contributed by atoms with Crippen LogP contribution in [0.1, 0.15) is 13.8 Å². The van der Waals surface area contributed by atoms with Gasteiger partial charge in [0.05, 0.1) is 0 Å². The van der Waals surface area contributed by atoms with E-state index in [0.717, 1.165) is 13.2 Å². The maximum Gasteiger partial charge on any atom is -1.00 e. The Morgan fingerprint density at radius 1 is 1.00 bits per heavy atom. The minimum atomic E-state index is -0.819. The van der Waals surface area contributed by atoms with Crippen LogP contribution in [0.25, 0.3) is 0 Å². The van der Waals surface area contributed by atoms with Crippen LogP contribution >= 0.6 is 0 Å².